The Labute approximate surface area is 193 Å². The van der Waals surface area contributed by atoms with Gasteiger partial charge in [-0.25, -0.2) is 9.78 Å². The van der Waals surface area contributed by atoms with Gasteiger partial charge in [0.05, 0.1) is 27.5 Å². The minimum atomic E-state index is -1.02. The van der Waals surface area contributed by atoms with Gasteiger partial charge < -0.3 is 14.8 Å². The highest BCUT2D eigenvalue weighted by atomic mass is 35.5. The number of rotatable bonds is 5. The Morgan fingerprint density at radius 1 is 1.00 bits per heavy atom. The van der Waals surface area contributed by atoms with Crippen molar-refractivity contribution in [2.24, 2.45) is 0 Å². The number of aromatic amines is 1. The number of carboxylic acid groups (broad SMARTS) is 1. The standard InChI is InChI=1S/C25H17ClN4O3/c1-14-5-10-17(12-18(14)24(31)32)33-25-28-21-13-19(26)22(29-23(21)30-25)16-8-6-15(7-9-16)20-4-2-3-11-27-20/h2-13H,1H3,(H,31,32)(H,28,29,30). The Morgan fingerprint density at radius 3 is 2.52 bits per heavy atom. The molecule has 0 aliphatic carbocycles. The van der Waals surface area contributed by atoms with Crippen molar-refractivity contribution in [3.05, 3.63) is 89.1 Å². The number of fused-ring (bicyclic) bond motifs is 1. The Balaban J connectivity index is 1.45. The third-order valence-electron chi connectivity index (χ3n) is 5.18. The van der Waals surface area contributed by atoms with Crippen molar-refractivity contribution in [2.45, 2.75) is 6.92 Å². The first-order valence-corrected chi connectivity index (χ1v) is 10.5. The van der Waals surface area contributed by atoms with E-state index < -0.39 is 5.97 Å². The van der Waals surface area contributed by atoms with Crippen molar-refractivity contribution in [3.63, 3.8) is 0 Å². The number of benzene rings is 2. The SMILES string of the molecule is Cc1ccc(Oc2nc3nc(-c4ccc(-c5ccccn5)cc4)c(Cl)cc3[nH]2)cc1C(=O)O. The Kier molecular flexibility index (Phi) is 5.24. The summed E-state index contributed by atoms with van der Waals surface area (Å²) in [5.74, 6) is -0.664. The molecule has 0 fully saturated rings. The van der Waals surface area contributed by atoms with Crippen LogP contribution in [0.1, 0.15) is 15.9 Å². The van der Waals surface area contributed by atoms with Gasteiger partial charge in [0.15, 0.2) is 5.65 Å². The number of H-pyrrole nitrogens is 1. The number of hydrogen-bond donors (Lipinski definition) is 2. The number of pyridine rings is 2. The molecule has 33 heavy (non-hydrogen) atoms. The van der Waals surface area contributed by atoms with Gasteiger partial charge in [0.25, 0.3) is 0 Å². The first-order chi connectivity index (χ1) is 16.0. The number of imidazole rings is 1. The van der Waals surface area contributed by atoms with Crippen LogP contribution in [-0.2, 0) is 0 Å². The van der Waals surface area contributed by atoms with Crippen LogP contribution in [0.2, 0.25) is 5.02 Å². The number of halogens is 1. The Morgan fingerprint density at radius 2 is 1.79 bits per heavy atom. The maximum Gasteiger partial charge on any atom is 0.336 e. The highest BCUT2D eigenvalue weighted by Crippen LogP contribution is 2.31. The number of aryl methyl sites for hydroxylation is 1. The van der Waals surface area contributed by atoms with E-state index in [9.17, 15) is 9.90 Å². The third kappa shape index (κ3) is 4.14. The number of aromatic carboxylic acids is 1. The van der Waals surface area contributed by atoms with Gasteiger partial charge in [-0.1, -0.05) is 48.0 Å². The van der Waals surface area contributed by atoms with Crippen LogP contribution < -0.4 is 4.74 Å². The number of ether oxygens (including phenoxy) is 1. The van der Waals surface area contributed by atoms with Crippen molar-refractivity contribution in [1.82, 2.24) is 19.9 Å². The van der Waals surface area contributed by atoms with E-state index in [1.54, 1.807) is 31.3 Å². The minimum absolute atomic E-state index is 0.168. The average Bonchev–Trinajstić information content (AvgIpc) is 3.21. The summed E-state index contributed by atoms with van der Waals surface area (Å²) in [5, 5.41) is 9.78. The molecular formula is C25H17ClN4O3. The van der Waals surface area contributed by atoms with Crippen molar-refractivity contribution >= 4 is 28.7 Å². The van der Waals surface area contributed by atoms with E-state index in [0.717, 1.165) is 16.8 Å². The van der Waals surface area contributed by atoms with Crippen LogP contribution in [0.25, 0.3) is 33.7 Å². The van der Waals surface area contributed by atoms with Crippen molar-refractivity contribution in [3.8, 4) is 34.3 Å². The molecule has 5 aromatic rings. The van der Waals surface area contributed by atoms with Gasteiger partial charge >= 0.3 is 12.0 Å². The van der Waals surface area contributed by atoms with E-state index >= 15 is 0 Å². The van der Waals surface area contributed by atoms with Crippen molar-refractivity contribution in [2.75, 3.05) is 0 Å². The first kappa shape index (κ1) is 20.7. The number of carbonyl (C=O) groups is 1. The minimum Gasteiger partial charge on any atom is -0.478 e. The van der Waals surface area contributed by atoms with E-state index in [0.29, 0.717) is 33.2 Å². The zero-order valence-corrected chi connectivity index (χ0v) is 18.2. The molecule has 0 aliphatic rings. The molecule has 8 heteroatoms. The summed E-state index contributed by atoms with van der Waals surface area (Å²) in [4.78, 5) is 27.8. The quantitative estimate of drug-likeness (QED) is 0.329. The molecule has 2 N–H and O–H groups in total. The lowest BCUT2D eigenvalue weighted by molar-refractivity contribution is 0.0695. The Bertz CT molecular complexity index is 1480. The van der Waals surface area contributed by atoms with Crippen LogP contribution in [0.15, 0.2) is 72.9 Å². The zero-order chi connectivity index (χ0) is 22.9. The van der Waals surface area contributed by atoms with Crippen LogP contribution in [0.3, 0.4) is 0 Å². The number of nitrogens with one attached hydrogen (secondary N) is 1. The summed E-state index contributed by atoms with van der Waals surface area (Å²) in [6, 6.07) is 20.3. The van der Waals surface area contributed by atoms with Crippen molar-refractivity contribution < 1.29 is 14.6 Å². The zero-order valence-electron chi connectivity index (χ0n) is 17.4. The van der Waals surface area contributed by atoms with Crippen LogP contribution >= 0.6 is 11.6 Å². The van der Waals surface area contributed by atoms with Gasteiger partial charge in [-0.3, -0.25) is 4.98 Å². The monoisotopic (exact) mass is 456 g/mol. The molecule has 0 spiro atoms. The lowest BCUT2D eigenvalue weighted by Gasteiger charge is -2.05. The smallest absolute Gasteiger partial charge is 0.336 e. The Hall–Kier alpha value is -4.23. The molecule has 0 radical (unpaired) electrons. The average molecular weight is 457 g/mol. The van der Waals surface area contributed by atoms with Crippen LogP contribution in [-0.4, -0.2) is 31.0 Å². The predicted molar refractivity (Wildman–Crippen MR) is 126 cm³/mol. The lowest BCUT2D eigenvalue weighted by atomic mass is 10.1. The second-order valence-electron chi connectivity index (χ2n) is 7.41. The first-order valence-electron chi connectivity index (χ1n) is 10.1. The predicted octanol–water partition coefficient (Wildman–Crippen LogP) is 6.14. The molecule has 0 saturated heterocycles. The topological polar surface area (TPSA) is 101 Å². The summed E-state index contributed by atoms with van der Waals surface area (Å²) >= 11 is 6.51. The molecule has 0 bridgehead atoms. The second kappa shape index (κ2) is 8.37. The summed E-state index contributed by atoms with van der Waals surface area (Å²) in [6.07, 6.45) is 1.76. The number of nitrogens with zero attached hydrogens (tertiary/aromatic N) is 3. The maximum absolute atomic E-state index is 11.4. The molecule has 3 aromatic heterocycles. The molecule has 0 unspecified atom stereocenters. The van der Waals surface area contributed by atoms with E-state index in [1.165, 1.54) is 6.07 Å². The molecule has 162 valence electrons. The van der Waals surface area contributed by atoms with E-state index in [1.807, 2.05) is 42.5 Å². The second-order valence-corrected chi connectivity index (χ2v) is 7.82. The molecule has 7 nitrogen and oxygen atoms in total. The van der Waals surface area contributed by atoms with E-state index in [4.69, 9.17) is 16.3 Å². The number of aromatic nitrogens is 4. The molecule has 0 aliphatic heterocycles. The highest BCUT2D eigenvalue weighted by Gasteiger charge is 2.14. The summed E-state index contributed by atoms with van der Waals surface area (Å²) < 4.78 is 5.74. The van der Waals surface area contributed by atoms with Gasteiger partial charge in [0.2, 0.25) is 0 Å². The third-order valence-corrected chi connectivity index (χ3v) is 5.47. The largest absolute Gasteiger partial charge is 0.478 e. The van der Waals surface area contributed by atoms with Crippen LogP contribution in [0.4, 0.5) is 0 Å². The number of hydrogen-bond acceptors (Lipinski definition) is 5. The fraction of sp³-hybridized carbons (Fsp3) is 0.0400. The summed E-state index contributed by atoms with van der Waals surface area (Å²) in [6.45, 7) is 1.73. The van der Waals surface area contributed by atoms with E-state index in [2.05, 4.69) is 19.9 Å². The molecule has 0 atom stereocenters. The van der Waals surface area contributed by atoms with Gasteiger partial charge in [0.1, 0.15) is 5.75 Å². The number of carboxylic acids is 1. The van der Waals surface area contributed by atoms with Gasteiger partial charge in [-0.15, -0.1) is 0 Å². The maximum atomic E-state index is 11.4. The molecule has 3 heterocycles. The van der Waals surface area contributed by atoms with Gasteiger partial charge in [0, 0.05) is 17.3 Å². The molecule has 0 saturated carbocycles. The molecule has 2 aromatic carbocycles. The van der Waals surface area contributed by atoms with Gasteiger partial charge in [-0.2, -0.15) is 4.98 Å². The molecular weight excluding hydrogens is 440 g/mol. The summed E-state index contributed by atoms with van der Waals surface area (Å²) in [5.41, 5.74) is 5.17. The van der Waals surface area contributed by atoms with Crippen LogP contribution in [0, 0.1) is 6.92 Å². The fourth-order valence-corrected chi connectivity index (χ4v) is 3.75. The normalized spacial score (nSPS) is 11.0. The van der Waals surface area contributed by atoms with E-state index in [-0.39, 0.29) is 11.6 Å². The summed E-state index contributed by atoms with van der Waals surface area (Å²) in [7, 11) is 0. The molecule has 5 rings (SSSR count). The lowest BCUT2D eigenvalue weighted by Crippen LogP contribution is -2.00. The van der Waals surface area contributed by atoms with Crippen molar-refractivity contribution in [1.29, 1.82) is 0 Å². The molecule has 0 amide bonds. The van der Waals surface area contributed by atoms with Crippen LogP contribution in [0.5, 0.6) is 11.8 Å². The highest BCUT2D eigenvalue weighted by molar-refractivity contribution is 6.33. The van der Waals surface area contributed by atoms with Gasteiger partial charge in [-0.05, 0) is 42.8 Å². The fourth-order valence-electron chi connectivity index (χ4n) is 3.49.